The Labute approximate surface area is 47.8 Å². The Morgan fingerprint density at radius 3 is 3.00 bits per heavy atom. The summed E-state index contributed by atoms with van der Waals surface area (Å²) in [7, 11) is 1.63. The minimum Gasteiger partial charge on any atom is -0.384 e. The molecule has 0 aromatic carbocycles. The molecule has 0 aliphatic carbocycles. The highest BCUT2D eigenvalue weighted by atomic mass is 32.2. The maximum absolute atomic E-state index is 6.31. The molecule has 0 aromatic rings. The molecule has 0 radical (unpaired) electrons. The lowest BCUT2D eigenvalue weighted by Gasteiger charge is -1.84. The molecule has 0 fully saturated rings. The van der Waals surface area contributed by atoms with Gasteiger partial charge in [0.05, 0.1) is 12.4 Å². The first-order valence-electron chi connectivity index (χ1n) is 1.89. The van der Waals surface area contributed by atoms with Gasteiger partial charge < -0.3 is 4.74 Å². The normalized spacial score (nSPS) is 8.00. The predicted molar refractivity (Wildman–Crippen MR) is 30.9 cm³/mol. The molecule has 0 rings (SSSR count). The first kappa shape index (κ1) is 6.80. The fourth-order valence-corrected chi connectivity index (χ4v) is 0.499. The van der Waals surface area contributed by atoms with Gasteiger partial charge in [-0.25, -0.2) is 10.8 Å². The third-order valence-corrected chi connectivity index (χ3v) is 0.922. The quantitative estimate of drug-likeness (QED) is 0.313. The maximum Gasteiger partial charge on any atom is 0.259 e. The number of hydrogen-bond acceptors (Lipinski definition) is 2. The largest absolute Gasteiger partial charge is 0.384 e. The molecule has 0 saturated carbocycles. The Kier molecular flexibility index (Phi) is 5.63. The Morgan fingerprint density at radius 2 is 2.57 bits per heavy atom. The Balaban J connectivity index is 2.60. The van der Waals surface area contributed by atoms with Crippen LogP contribution in [0.4, 0.5) is 0 Å². The molecule has 0 N–H and O–H groups in total. The van der Waals surface area contributed by atoms with E-state index in [1.54, 1.807) is 7.11 Å². The van der Waals surface area contributed by atoms with Crippen molar-refractivity contribution in [1.29, 1.82) is 0 Å². The molecule has 0 aliphatic rings. The molecular formula is C4H7NOS. The molecule has 3 heteroatoms. The SMILES string of the molecule is [C-]#[N+]SCCOC. The van der Waals surface area contributed by atoms with E-state index in [9.17, 15) is 0 Å². The van der Waals surface area contributed by atoms with Crippen LogP contribution in [0.2, 0.25) is 0 Å². The van der Waals surface area contributed by atoms with Gasteiger partial charge in [-0.05, 0) is 0 Å². The van der Waals surface area contributed by atoms with Crippen LogP contribution >= 0.6 is 11.9 Å². The molecule has 0 atom stereocenters. The van der Waals surface area contributed by atoms with E-state index in [0.717, 1.165) is 5.75 Å². The van der Waals surface area contributed by atoms with Gasteiger partial charge in [0.1, 0.15) is 0 Å². The summed E-state index contributed by atoms with van der Waals surface area (Å²) in [6, 6.07) is 0. The molecule has 2 nitrogen and oxygen atoms in total. The van der Waals surface area contributed by atoms with Crippen LogP contribution in [0.1, 0.15) is 0 Å². The summed E-state index contributed by atoms with van der Waals surface area (Å²) < 4.78 is 7.74. The van der Waals surface area contributed by atoms with Gasteiger partial charge in [0.25, 0.3) is 11.9 Å². The summed E-state index contributed by atoms with van der Waals surface area (Å²) in [5.74, 6) is 0.778. The summed E-state index contributed by atoms with van der Waals surface area (Å²) in [4.78, 5) is 0. The van der Waals surface area contributed by atoms with Crippen molar-refractivity contribution in [2.45, 2.75) is 0 Å². The van der Waals surface area contributed by atoms with E-state index >= 15 is 0 Å². The second-order valence-electron chi connectivity index (χ2n) is 0.917. The molecule has 0 aromatic heterocycles. The van der Waals surface area contributed by atoms with Crippen LogP contribution in [-0.2, 0) is 4.74 Å². The second-order valence-corrected chi connectivity index (χ2v) is 1.77. The van der Waals surface area contributed by atoms with Crippen LogP contribution in [0.5, 0.6) is 0 Å². The van der Waals surface area contributed by atoms with Crippen LogP contribution in [-0.4, -0.2) is 19.5 Å². The lowest BCUT2D eigenvalue weighted by molar-refractivity contribution is 0.219. The molecular weight excluding hydrogens is 110 g/mol. The molecule has 0 heterocycles. The van der Waals surface area contributed by atoms with Crippen molar-refractivity contribution in [2.24, 2.45) is 0 Å². The number of ether oxygens (including phenoxy) is 1. The molecule has 0 bridgehead atoms. The molecule has 0 aliphatic heterocycles. The third-order valence-electron chi connectivity index (χ3n) is 0.443. The molecule has 0 unspecified atom stereocenters. The molecule has 0 saturated heterocycles. The van der Waals surface area contributed by atoms with Crippen LogP contribution in [0.3, 0.4) is 0 Å². The fourth-order valence-electron chi connectivity index (χ4n) is 0.166. The van der Waals surface area contributed by atoms with Crippen LogP contribution in [0, 0.1) is 6.57 Å². The minimum atomic E-state index is 0.674. The van der Waals surface area contributed by atoms with Crippen molar-refractivity contribution in [2.75, 3.05) is 19.5 Å². The Bertz CT molecular complexity index is 68.6. The van der Waals surface area contributed by atoms with Crippen LogP contribution in [0.25, 0.3) is 4.25 Å². The Morgan fingerprint density at radius 1 is 1.86 bits per heavy atom. The fraction of sp³-hybridized carbons (Fsp3) is 0.750. The smallest absolute Gasteiger partial charge is 0.259 e. The zero-order chi connectivity index (χ0) is 5.54. The third kappa shape index (κ3) is 5.80. The van der Waals surface area contributed by atoms with Gasteiger partial charge in [0.2, 0.25) is 0 Å². The predicted octanol–water partition coefficient (Wildman–Crippen LogP) is 1.20. The van der Waals surface area contributed by atoms with E-state index < -0.39 is 0 Å². The first-order valence-corrected chi connectivity index (χ1v) is 2.83. The monoisotopic (exact) mass is 117 g/mol. The highest BCUT2D eigenvalue weighted by Gasteiger charge is 1.86. The van der Waals surface area contributed by atoms with Crippen LogP contribution < -0.4 is 0 Å². The Hall–Kier alpha value is -0.200. The van der Waals surface area contributed by atoms with Crippen LogP contribution in [0.15, 0.2) is 0 Å². The van der Waals surface area contributed by atoms with E-state index in [1.165, 1.54) is 11.9 Å². The van der Waals surface area contributed by atoms with E-state index in [2.05, 4.69) is 8.99 Å². The number of hydrogen-bond donors (Lipinski definition) is 0. The summed E-state index contributed by atoms with van der Waals surface area (Å²) >= 11 is 1.20. The minimum absolute atomic E-state index is 0.674. The van der Waals surface area contributed by atoms with E-state index in [1.807, 2.05) is 0 Å². The van der Waals surface area contributed by atoms with Gasteiger partial charge in [-0.2, -0.15) is 0 Å². The van der Waals surface area contributed by atoms with Gasteiger partial charge in [0, 0.05) is 7.11 Å². The summed E-state index contributed by atoms with van der Waals surface area (Å²) in [6.07, 6.45) is 0. The van der Waals surface area contributed by atoms with Gasteiger partial charge >= 0.3 is 0 Å². The van der Waals surface area contributed by atoms with E-state index in [-0.39, 0.29) is 0 Å². The van der Waals surface area contributed by atoms with Crippen molar-refractivity contribution in [3.8, 4) is 0 Å². The van der Waals surface area contributed by atoms with E-state index in [0.29, 0.717) is 6.61 Å². The lowest BCUT2D eigenvalue weighted by atomic mass is 10.9. The zero-order valence-corrected chi connectivity index (χ0v) is 4.99. The number of rotatable bonds is 3. The van der Waals surface area contributed by atoms with Gasteiger partial charge in [-0.1, -0.05) is 0 Å². The number of methoxy groups -OCH3 is 1. The van der Waals surface area contributed by atoms with Crippen molar-refractivity contribution in [1.82, 2.24) is 0 Å². The van der Waals surface area contributed by atoms with Crippen molar-refractivity contribution < 1.29 is 4.74 Å². The second kappa shape index (κ2) is 5.80. The maximum atomic E-state index is 6.31. The van der Waals surface area contributed by atoms with Crippen molar-refractivity contribution >= 4 is 11.9 Å². The van der Waals surface area contributed by atoms with Gasteiger partial charge in [-0.15, -0.1) is 0 Å². The highest BCUT2D eigenvalue weighted by Crippen LogP contribution is 1.97. The number of nitrogens with zero attached hydrogens (tertiary/aromatic N) is 1. The van der Waals surface area contributed by atoms with E-state index in [4.69, 9.17) is 6.57 Å². The topological polar surface area (TPSA) is 13.6 Å². The van der Waals surface area contributed by atoms with Gasteiger partial charge in [-0.3, -0.25) is 0 Å². The molecule has 0 amide bonds. The summed E-state index contributed by atoms with van der Waals surface area (Å²) in [5.41, 5.74) is 0. The average molecular weight is 117 g/mol. The zero-order valence-electron chi connectivity index (χ0n) is 4.18. The molecule has 0 spiro atoms. The van der Waals surface area contributed by atoms with Crippen molar-refractivity contribution in [3.63, 3.8) is 0 Å². The molecule has 7 heavy (non-hydrogen) atoms. The first-order chi connectivity index (χ1) is 3.41. The molecule has 40 valence electrons. The highest BCUT2D eigenvalue weighted by molar-refractivity contribution is 8.01. The average Bonchev–Trinajstić information content (AvgIpc) is 1.69. The standard InChI is InChI=1S/C4H7NOS/c1-5-7-4-3-6-2/h3-4H2,2H3. The lowest BCUT2D eigenvalue weighted by Crippen LogP contribution is -1.88. The van der Waals surface area contributed by atoms with Gasteiger partial charge in [0.15, 0.2) is 0 Å². The summed E-state index contributed by atoms with van der Waals surface area (Å²) in [6.45, 7) is 6.99. The van der Waals surface area contributed by atoms with Crippen molar-refractivity contribution in [3.05, 3.63) is 10.8 Å². The summed E-state index contributed by atoms with van der Waals surface area (Å²) in [5, 5.41) is 0.